The van der Waals surface area contributed by atoms with Crippen LogP contribution in [0.4, 0.5) is 5.69 Å². The van der Waals surface area contributed by atoms with Gasteiger partial charge in [-0.15, -0.1) is 0 Å². The molecule has 0 aliphatic carbocycles. The van der Waals surface area contributed by atoms with Crippen molar-refractivity contribution in [2.45, 2.75) is 44.6 Å². The summed E-state index contributed by atoms with van der Waals surface area (Å²) in [6.07, 6.45) is 1.26. The predicted octanol–water partition coefficient (Wildman–Crippen LogP) is 0.751. The van der Waals surface area contributed by atoms with E-state index in [0.717, 1.165) is 12.0 Å². The molecule has 0 radical (unpaired) electrons. The minimum atomic E-state index is -3.78. The molecule has 0 bridgehead atoms. The van der Waals surface area contributed by atoms with Gasteiger partial charge in [0.15, 0.2) is 0 Å². The third kappa shape index (κ3) is 3.03. The van der Waals surface area contributed by atoms with Gasteiger partial charge in [-0.25, -0.2) is 8.42 Å². The summed E-state index contributed by atoms with van der Waals surface area (Å²) in [5, 5.41) is 2.67. The lowest BCUT2D eigenvalue weighted by Crippen LogP contribution is -2.50. The summed E-state index contributed by atoms with van der Waals surface area (Å²) in [6.45, 7) is 5.85. The number of amides is 1. The lowest BCUT2D eigenvalue weighted by Gasteiger charge is -2.24. The van der Waals surface area contributed by atoms with Crippen LogP contribution in [0, 0.1) is 20.8 Å². The van der Waals surface area contributed by atoms with Gasteiger partial charge in [0.1, 0.15) is 6.04 Å². The van der Waals surface area contributed by atoms with Gasteiger partial charge in [-0.3, -0.25) is 4.79 Å². The monoisotopic (exact) mass is 311 g/mol. The molecule has 1 atom stereocenters. The molecule has 2 rings (SSSR count). The first-order valence-electron chi connectivity index (χ1n) is 6.90. The number of sulfonamides is 1. The first-order chi connectivity index (χ1) is 9.74. The number of anilines is 1. The number of nitrogen functional groups attached to an aromatic ring is 1. The second-order valence-corrected chi connectivity index (χ2v) is 7.14. The van der Waals surface area contributed by atoms with E-state index in [1.165, 1.54) is 0 Å². The quantitative estimate of drug-likeness (QED) is 0.717. The lowest BCUT2D eigenvalue weighted by molar-refractivity contribution is -0.124. The number of hydrogen-bond donors (Lipinski definition) is 3. The second kappa shape index (κ2) is 5.65. The average Bonchev–Trinajstić information content (AvgIpc) is 2.38. The molecule has 1 aliphatic rings. The minimum absolute atomic E-state index is 0.170. The first-order valence-corrected chi connectivity index (χ1v) is 8.38. The van der Waals surface area contributed by atoms with Crippen LogP contribution in [0.1, 0.15) is 29.5 Å². The van der Waals surface area contributed by atoms with Crippen LogP contribution in [0.3, 0.4) is 0 Å². The Hall–Kier alpha value is -1.60. The second-order valence-electron chi connectivity index (χ2n) is 5.49. The lowest BCUT2D eigenvalue weighted by atomic mass is 10.1. The zero-order valence-electron chi connectivity index (χ0n) is 12.5. The smallest absolute Gasteiger partial charge is 0.241 e. The Bertz CT molecular complexity index is 683. The Morgan fingerprint density at radius 3 is 2.57 bits per heavy atom. The van der Waals surface area contributed by atoms with E-state index in [4.69, 9.17) is 5.73 Å². The van der Waals surface area contributed by atoms with Crippen molar-refractivity contribution in [2.75, 3.05) is 12.3 Å². The molecule has 4 N–H and O–H groups in total. The van der Waals surface area contributed by atoms with E-state index in [0.29, 0.717) is 29.8 Å². The van der Waals surface area contributed by atoms with Crippen LogP contribution in [0.5, 0.6) is 0 Å². The van der Waals surface area contributed by atoms with E-state index >= 15 is 0 Å². The highest BCUT2D eigenvalue weighted by Crippen LogP contribution is 2.28. The fourth-order valence-corrected chi connectivity index (χ4v) is 4.44. The zero-order valence-corrected chi connectivity index (χ0v) is 13.3. The molecule has 7 heteroatoms. The molecular weight excluding hydrogens is 290 g/mol. The van der Waals surface area contributed by atoms with Crippen molar-refractivity contribution in [2.24, 2.45) is 0 Å². The van der Waals surface area contributed by atoms with Crippen LogP contribution in [0.25, 0.3) is 0 Å². The van der Waals surface area contributed by atoms with Crippen molar-refractivity contribution in [1.82, 2.24) is 10.0 Å². The summed E-state index contributed by atoms with van der Waals surface area (Å²) in [5.74, 6) is -0.278. The standard InChI is InChI=1S/C14H21N3O3S/c1-8-7-9(2)13(10(3)12(8)15)21(19,20)17-11-5-4-6-16-14(11)18/h7,11,17H,4-6,15H2,1-3H3,(H,16,18). The average molecular weight is 311 g/mol. The minimum Gasteiger partial charge on any atom is -0.398 e. The molecule has 0 saturated carbocycles. The number of benzene rings is 1. The maximum Gasteiger partial charge on any atom is 0.241 e. The van der Waals surface area contributed by atoms with Crippen LogP contribution in [0.2, 0.25) is 0 Å². The van der Waals surface area contributed by atoms with Crippen LogP contribution < -0.4 is 15.8 Å². The van der Waals surface area contributed by atoms with Crippen molar-refractivity contribution < 1.29 is 13.2 Å². The SMILES string of the molecule is Cc1cc(C)c(S(=O)(=O)NC2CCCNC2=O)c(C)c1N. The van der Waals surface area contributed by atoms with Crippen LogP contribution >= 0.6 is 0 Å². The van der Waals surface area contributed by atoms with Crippen LogP contribution in [0.15, 0.2) is 11.0 Å². The summed E-state index contributed by atoms with van der Waals surface area (Å²) in [4.78, 5) is 11.9. The van der Waals surface area contributed by atoms with Gasteiger partial charge in [-0.05, 0) is 50.3 Å². The molecule has 1 heterocycles. The van der Waals surface area contributed by atoms with E-state index in [2.05, 4.69) is 10.0 Å². The Kier molecular flexibility index (Phi) is 4.25. The van der Waals surface area contributed by atoms with Gasteiger partial charge < -0.3 is 11.1 Å². The number of nitrogens with two attached hydrogens (primary N) is 1. The van der Waals surface area contributed by atoms with E-state index in [-0.39, 0.29) is 10.8 Å². The molecule has 1 aliphatic heterocycles. The summed E-state index contributed by atoms with van der Waals surface area (Å²) >= 11 is 0. The molecule has 21 heavy (non-hydrogen) atoms. The number of rotatable bonds is 3. The normalized spacial score (nSPS) is 19.4. The Labute approximate surface area is 125 Å². The Morgan fingerprint density at radius 2 is 1.95 bits per heavy atom. The third-order valence-corrected chi connectivity index (χ3v) is 5.57. The maximum absolute atomic E-state index is 12.6. The third-order valence-electron chi connectivity index (χ3n) is 3.81. The maximum atomic E-state index is 12.6. The van der Waals surface area contributed by atoms with Gasteiger partial charge in [0, 0.05) is 12.2 Å². The largest absolute Gasteiger partial charge is 0.398 e. The molecule has 1 amide bonds. The number of carbonyl (C=O) groups excluding carboxylic acids is 1. The molecule has 0 spiro atoms. The highest BCUT2D eigenvalue weighted by atomic mass is 32.2. The topological polar surface area (TPSA) is 101 Å². The van der Waals surface area contributed by atoms with Crippen molar-refractivity contribution >= 4 is 21.6 Å². The number of hydrogen-bond acceptors (Lipinski definition) is 4. The number of nitrogens with one attached hydrogen (secondary N) is 2. The van der Waals surface area contributed by atoms with E-state index in [1.54, 1.807) is 19.9 Å². The fourth-order valence-electron chi connectivity index (χ4n) is 2.73. The molecule has 1 fully saturated rings. The molecule has 6 nitrogen and oxygen atoms in total. The molecule has 0 aromatic heterocycles. The van der Waals surface area contributed by atoms with Gasteiger partial charge in [-0.2, -0.15) is 4.72 Å². The first kappa shape index (κ1) is 15.8. The number of carbonyl (C=O) groups is 1. The molecule has 1 saturated heterocycles. The van der Waals surface area contributed by atoms with E-state index < -0.39 is 16.1 Å². The molecule has 1 aromatic carbocycles. The molecular formula is C14H21N3O3S. The summed E-state index contributed by atoms with van der Waals surface area (Å²) in [6, 6.07) is 1.03. The highest BCUT2D eigenvalue weighted by Gasteiger charge is 2.30. The Balaban J connectivity index is 2.40. The van der Waals surface area contributed by atoms with Gasteiger partial charge in [0.05, 0.1) is 4.90 Å². The molecule has 116 valence electrons. The van der Waals surface area contributed by atoms with Gasteiger partial charge >= 0.3 is 0 Å². The van der Waals surface area contributed by atoms with Gasteiger partial charge in [0.2, 0.25) is 15.9 Å². The summed E-state index contributed by atoms with van der Waals surface area (Å²) < 4.78 is 27.7. The van der Waals surface area contributed by atoms with Crippen molar-refractivity contribution in [3.8, 4) is 0 Å². The van der Waals surface area contributed by atoms with Crippen LogP contribution in [-0.2, 0) is 14.8 Å². The number of piperidine rings is 1. The van der Waals surface area contributed by atoms with Crippen molar-refractivity contribution in [3.63, 3.8) is 0 Å². The van der Waals surface area contributed by atoms with Gasteiger partial charge in [0.25, 0.3) is 0 Å². The summed E-state index contributed by atoms with van der Waals surface area (Å²) in [7, 11) is -3.78. The molecule has 1 unspecified atom stereocenters. The highest BCUT2D eigenvalue weighted by molar-refractivity contribution is 7.89. The van der Waals surface area contributed by atoms with Crippen molar-refractivity contribution in [3.05, 3.63) is 22.8 Å². The summed E-state index contributed by atoms with van der Waals surface area (Å²) in [5.41, 5.74) is 8.40. The van der Waals surface area contributed by atoms with E-state index in [1.807, 2.05) is 6.92 Å². The van der Waals surface area contributed by atoms with Gasteiger partial charge in [-0.1, -0.05) is 6.07 Å². The zero-order chi connectivity index (χ0) is 15.8. The van der Waals surface area contributed by atoms with E-state index in [9.17, 15) is 13.2 Å². The van der Waals surface area contributed by atoms with Crippen molar-refractivity contribution in [1.29, 1.82) is 0 Å². The predicted molar refractivity (Wildman–Crippen MR) is 81.4 cm³/mol. The fraction of sp³-hybridized carbons (Fsp3) is 0.500. The number of aryl methyl sites for hydroxylation is 2. The molecule has 1 aromatic rings. The Morgan fingerprint density at radius 1 is 1.29 bits per heavy atom. The van der Waals surface area contributed by atoms with Crippen LogP contribution in [-0.4, -0.2) is 26.9 Å².